The van der Waals surface area contributed by atoms with Crippen molar-refractivity contribution in [1.29, 1.82) is 0 Å². The summed E-state index contributed by atoms with van der Waals surface area (Å²) in [4.78, 5) is 23.8. The molecule has 0 unspecified atom stereocenters. The molecule has 0 saturated carbocycles. The van der Waals surface area contributed by atoms with Crippen molar-refractivity contribution in [3.63, 3.8) is 0 Å². The van der Waals surface area contributed by atoms with Crippen LogP contribution in [0.2, 0.25) is 0 Å². The molecule has 0 bridgehead atoms. The molecule has 2 aromatic carbocycles. The van der Waals surface area contributed by atoms with Crippen LogP contribution in [0.3, 0.4) is 0 Å². The van der Waals surface area contributed by atoms with Crippen molar-refractivity contribution in [3.05, 3.63) is 71.8 Å². The lowest BCUT2D eigenvalue weighted by molar-refractivity contribution is -0.145. The molecule has 0 N–H and O–H groups in total. The van der Waals surface area contributed by atoms with Gasteiger partial charge >= 0.3 is 11.9 Å². The van der Waals surface area contributed by atoms with Gasteiger partial charge < -0.3 is 9.47 Å². The Bertz CT molecular complexity index is 628. The third kappa shape index (κ3) is 9.04. The van der Waals surface area contributed by atoms with Crippen molar-refractivity contribution in [2.75, 3.05) is 4.43 Å². The lowest BCUT2D eigenvalue weighted by atomic mass is 10.00. The lowest BCUT2D eigenvalue weighted by Gasteiger charge is -2.13. The van der Waals surface area contributed by atoms with E-state index in [-0.39, 0.29) is 11.9 Å². The molecule has 0 radical (unpaired) electrons. The standard InChI is InChI=1S/C22H25IO4/c23-15-18(11-13-21(24)26-16-19-7-3-1-4-8-19)12-14-22(25)27-17-20-9-5-2-6-10-20/h1-10,18H,11-17H2. The first-order valence-corrected chi connectivity index (χ1v) is 10.6. The Labute approximate surface area is 174 Å². The molecule has 0 aromatic heterocycles. The van der Waals surface area contributed by atoms with Crippen molar-refractivity contribution in [2.24, 2.45) is 5.92 Å². The van der Waals surface area contributed by atoms with Gasteiger partial charge in [0.25, 0.3) is 0 Å². The highest BCUT2D eigenvalue weighted by Gasteiger charge is 2.14. The number of hydrogen-bond donors (Lipinski definition) is 0. The lowest BCUT2D eigenvalue weighted by Crippen LogP contribution is -2.12. The normalized spacial score (nSPS) is 10.6. The minimum Gasteiger partial charge on any atom is -0.461 e. The van der Waals surface area contributed by atoms with Gasteiger partial charge in [-0.25, -0.2) is 0 Å². The summed E-state index contributed by atoms with van der Waals surface area (Å²) in [5, 5.41) is 0. The highest BCUT2D eigenvalue weighted by molar-refractivity contribution is 14.1. The second-order valence-electron chi connectivity index (χ2n) is 6.39. The van der Waals surface area contributed by atoms with Gasteiger partial charge in [-0.2, -0.15) is 0 Å². The summed E-state index contributed by atoms with van der Waals surface area (Å²) in [6.45, 7) is 0.612. The van der Waals surface area contributed by atoms with Crippen LogP contribution in [-0.4, -0.2) is 16.4 Å². The molecule has 0 aliphatic rings. The summed E-state index contributed by atoms with van der Waals surface area (Å²) in [5.74, 6) is -0.0835. The van der Waals surface area contributed by atoms with Crippen LogP contribution in [0.4, 0.5) is 0 Å². The number of halogens is 1. The summed E-state index contributed by atoms with van der Waals surface area (Å²) in [6.07, 6.45) is 2.20. The molecule has 0 saturated heterocycles. The number of alkyl halides is 1. The Morgan fingerprint density at radius 1 is 0.741 bits per heavy atom. The second-order valence-corrected chi connectivity index (χ2v) is 7.27. The van der Waals surface area contributed by atoms with Crippen LogP contribution in [0.15, 0.2) is 60.7 Å². The van der Waals surface area contributed by atoms with Crippen molar-refractivity contribution < 1.29 is 19.1 Å². The van der Waals surface area contributed by atoms with Gasteiger partial charge in [-0.3, -0.25) is 9.59 Å². The number of hydrogen-bond acceptors (Lipinski definition) is 4. The van der Waals surface area contributed by atoms with Gasteiger partial charge in [0, 0.05) is 17.3 Å². The molecule has 2 rings (SSSR count). The Morgan fingerprint density at radius 3 is 1.52 bits per heavy atom. The second kappa shape index (κ2) is 12.5. The summed E-state index contributed by atoms with van der Waals surface area (Å²) in [5.41, 5.74) is 1.97. The quantitative estimate of drug-likeness (QED) is 0.256. The zero-order valence-corrected chi connectivity index (χ0v) is 17.5. The van der Waals surface area contributed by atoms with E-state index in [4.69, 9.17) is 9.47 Å². The topological polar surface area (TPSA) is 52.6 Å². The first kappa shape index (κ1) is 21.4. The van der Waals surface area contributed by atoms with Gasteiger partial charge in [-0.15, -0.1) is 0 Å². The highest BCUT2D eigenvalue weighted by Crippen LogP contribution is 2.18. The van der Waals surface area contributed by atoms with E-state index in [1.54, 1.807) is 0 Å². The molecule has 144 valence electrons. The number of carbonyl (C=O) groups excluding carboxylic acids is 2. The Balaban J connectivity index is 1.61. The van der Waals surface area contributed by atoms with Crippen molar-refractivity contribution in [1.82, 2.24) is 0 Å². The zero-order chi connectivity index (χ0) is 19.3. The Morgan fingerprint density at radius 2 is 1.15 bits per heavy atom. The summed E-state index contributed by atoms with van der Waals surface area (Å²) in [6, 6.07) is 19.3. The zero-order valence-electron chi connectivity index (χ0n) is 15.3. The number of esters is 2. The minimum absolute atomic E-state index is 0.194. The molecule has 0 aliphatic carbocycles. The van der Waals surface area contributed by atoms with E-state index < -0.39 is 0 Å². The summed E-state index contributed by atoms with van der Waals surface area (Å²) in [7, 11) is 0. The van der Waals surface area contributed by atoms with E-state index in [9.17, 15) is 9.59 Å². The molecule has 0 amide bonds. The molecule has 0 heterocycles. The number of carbonyl (C=O) groups is 2. The fourth-order valence-corrected chi connectivity index (χ4v) is 3.44. The smallest absolute Gasteiger partial charge is 0.306 e. The van der Waals surface area contributed by atoms with E-state index in [0.717, 1.165) is 28.4 Å². The van der Waals surface area contributed by atoms with Crippen LogP contribution in [0.25, 0.3) is 0 Å². The average Bonchev–Trinajstić information content (AvgIpc) is 2.72. The van der Waals surface area contributed by atoms with Crippen molar-refractivity contribution in [2.45, 2.75) is 38.9 Å². The first-order valence-electron chi connectivity index (χ1n) is 9.12. The van der Waals surface area contributed by atoms with Gasteiger partial charge in [-0.05, 0) is 29.9 Å². The van der Waals surface area contributed by atoms with E-state index in [1.165, 1.54) is 0 Å². The van der Waals surface area contributed by atoms with E-state index in [2.05, 4.69) is 22.6 Å². The monoisotopic (exact) mass is 480 g/mol. The molecule has 0 spiro atoms. The van der Waals surface area contributed by atoms with Crippen LogP contribution in [0.5, 0.6) is 0 Å². The molecule has 0 atom stereocenters. The fraction of sp³-hybridized carbons (Fsp3) is 0.364. The van der Waals surface area contributed by atoms with Crippen LogP contribution in [0.1, 0.15) is 36.8 Å². The Kier molecular flexibility index (Phi) is 9.90. The maximum atomic E-state index is 11.9. The molecule has 4 nitrogen and oxygen atoms in total. The summed E-state index contributed by atoms with van der Waals surface area (Å²) >= 11 is 2.30. The third-order valence-corrected chi connectivity index (χ3v) is 5.46. The highest BCUT2D eigenvalue weighted by atomic mass is 127. The predicted octanol–water partition coefficient (Wildman–Crippen LogP) is 5.08. The molecule has 0 aliphatic heterocycles. The first-order chi connectivity index (χ1) is 13.2. The maximum absolute atomic E-state index is 11.9. The van der Waals surface area contributed by atoms with Crippen LogP contribution in [-0.2, 0) is 32.3 Å². The Hall–Kier alpha value is -1.89. The fourth-order valence-electron chi connectivity index (χ4n) is 2.56. The van der Waals surface area contributed by atoms with E-state index in [1.807, 2.05) is 60.7 Å². The largest absolute Gasteiger partial charge is 0.461 e. The van der Waals surface area contributed by atoms with Crippen molar-refractivity contribution in [3.8, 4) is 0 Å². The molecular formula is C22H25IO4. The molecule has 5 heteroatoms. The van der Waals surface area contributed by atoms with Gasteiger partial charge in [0.15, 0.2) is 0 Å². The molecule has 27 heavy (non-hydrogen) atoms. The maximum Gasteiger partial charge on any atom is 0.306 e. The van der Waals surface area contributed by atoms with E-state index in [0.29, 0.717) is 32.0 Å². The molecule has 0 fully saturated rings. The van der Waals surface area contributed by atoms with Gasteiger partial charge in [0.2, 0.25) is 0 Å². The minimum atomic E-state index is -0.194. The molecular weight excluding hydrogens is 455 g/mol. The third-order valence-electron chi connectivity index (χ3n) is 4.22. The van der Waals surface area contributed by atoms with Crippen molar-refractivity contribution >= 4 is 34.5 Å². The number of ether oxygens (including phenoxy) is 2. The van der Waals surface area contributed by atoms with Crippen LogP contribution >= 0.6 is 22.6 Å². The van der Waals surface area contributed by atoms with Crippen LogP contribution < -0.4 is 0 Å². The summed E-state index contributed by atoms with van der Waals surface area (Å²) < 4.78 is 11.5. The predicted molar refractivity (Wildman–Crippen MR) is 113 cm³/mol. The SMILES string of the molecule is O=C(CCC(CI)CCC(=O)OCc1ccccc1)OCc1ccccc1. The van der Waals surface area contributed by atoms with Crippen LogP contribution in [0, 0.1) is 5.92 Å². The molecule has 2 aromatic rings. The van der Waals surface area contributed by atoms with E-state index >= 15 is 0 Å². The average molecular weight is 480 g/mol. The number of benzene rings is 2. The number of rotatable bonds is 11. The van der Waals surface area contributed by atoms with Gasteiger partial charge in [0.1, 0.15) is 13.2 Å². The van der Waals surface area contributed by atoms with Gasteiger partial charge in [-0.1, -0.05) is 83.3 Å². The van der Waals surface area contributed by atoms with Gasteiger partial charge in [0.05, 0.1) is 0 Å².